The Balaban J connectivity index is 1.19. The van der Waals surface area contributed by atoms with Crippen molar-refractivity contribution in [2.75, 3.05) is 0 Å². The number of tetrazole rings is 1. The van der Waals surface area contributed by atoms with E-state index < -0.39 is 5.54 Å². The Hall–Kier alpha value is -6.21. The Kier molecular flexibility index (Phi) is 8.49. The SMILES string of the molecule is CCc1cc(C)c2nc(C(C)C)n([C@H]3CCc4cc(-c5ccccc5-c5nnnn5C(c5ccccc5)(c5ccccc5)c5ccccc5)ccc43)c2n1. The van der Waals surface area contributed by atoms with Gasteiger partial charge in [0.15, 0.2) is 11.5 Å². The normalized spacial score (nSPS) is 14.2. The van der Waals surface area contributed by atoms with Crippen molar-refractivity contribution in [1.82, 2.24) is 34.7 Å². The summed E-state index contributed by atoms with van der Waals surface area (Å²) in [7, 11) is 0. The van der Waals surface area contributed by atoms with Crippen molar-refractivity contribution in [3.8, 4) is 22.5 Å². The fourth-order valence-electron chi connectivity index (χ4n) is 8.64. The lowest BCUT2D eigenvalue weighted by atomic mass is 9.77. The van der Waals surface area contributed by atoms with Crippen LogP contribution in [-0.4, -0.2) is 34.7 Å². The van der Waals surface area contributed by atoms with E-state index in [1.165, 1.54) is 16.7 Å². The van der Waals surface area contributed by atoms with Crippen molar-refractivity contribution in [3.63, 3.8) is 0 Å². The van der Waals surface area contributed by atoms with E-state index in [0.717, 1.165) is 75.3 Å². The van der Waals surface area contributed by atoms with E-state index in [4.69, 9.17) is 20.3 Å². The quantitative estimate of drug-likeness (QED) is 0.140. The van der Waals surface area contributed by atoms with Gasteiger partial charge >= 0.3 is 0 Å². The van der Waals surface area contributed by atoms with Crippen molar-refractivity contribution in [2.45, 2.75) is 64.5 Å². The van der Waals surface area contributed by atoms with Crippen molar-refractivity contribution >= 4 is 11.2 Å². The second-order valence-electron chi connectivity index (χ2n) is 14.7. The summed E-state index contributed by atoms with van der Waals surface area (Å²) in [6.07, 6.45) is 2.89. The van der Waals surface area contributed by atoms with E-state index in [0.29, 0.717) is 5.82 Å². The number of imidazole rings is 1. The molecule has 8 aromatic rings. The van der Waals surface area contributed by atoms with Gasteiger partial charge in [-0.15, -0.1) is 5.10 Å². The third-order valence-corrected chi connectivity index (χ3v) is 11.1. The zero-order valence-corrected chi connectivity index (χ0v) is 31.2. The first-order valence-corrected chi connectivity index (χ1v) is 19.0. The summed E-state index contributed by atoms with van der Waals surface area (Å²) in [4.78, 5) is 10.3. The maximum atomic E-state index is 5.18. The van der Waals surface area contributed by atoms with Gasteiger partial charge in [0, 0.05) is 17.2 Å². The number of rotatable bonds is 9. The molecule has 0 bridgehead atoms. The number of aromatic nitrogens is 7. The summed E-state index contributed by atoms with van der Waals surface area (Å²) in [5.74, 6) is 2.08. The summed E-state index contributed by atoms with van der Waals surface area (Å²) in [6.45, 7) is 8.81. The molecule has 7 heteroatoms. The van der Waals surface area contributed by atoms with Crippen LogP contribution in [0, 0.1) is 6.92 Å². The topological polar surface area (TPSA) is 74.3 Å². The van der Waals surface area contributed by atoms with Crippen LogP contribution in [0.2, 0.25) is 0 Å². The summed E-state index contributed by atoms with van der Waals surface area (Å²) in [5.41, 5.74) is 12.6. The molecule has 9 rings (SSSR count). The molecule has 1 aliphatic carbocycles. The molecule has 0 radical (unpaired) electrons. The third kappa shape index (κ3) is 5.37. The Morgan fingerprint density at radius 3 is 1.94 bits per heavy atom. The van der Waals surface area contributed by atoms with E-state index in [2.05, 4.69) is 177 Å². The van der Waals surface area contributed by atoms with Crippen LogP contribution in [0.15, 0.2) is 140 Å². The smallest absolute Gasteiger partial charge is 0.184 e. The lowest BCUT2D eigenvalue weighted by Gasteiger charge is -2.36. The maximum Gasteiger partial charge on any atom is 0.184 e. The maximum absolute atomic E-state index is 5.18. The molecule has 1 atom stereocenters. The highest BCUT2D eigenvalue weighted by Crippen LogP contribution is 2.45. The van der Waals surface area contributed by atoms with Crippen LogP contribution in [0.5, 0.6) is 0 Å². The van der Waals surface area contributed by atoms with Crippen LogP contribution in [0.3, 0.4) is 0 Å². The van der Waals surface area contributed by atoms with E-state index >= 15 is 0 Å². The minimum Gasteiger partial charge on any atom is -0.305 e. The molecule has 0 saturated carbocycles. The Labute approximate surface area is 316 Å². The van der Waals surface area contributed by atoms with Gasteiger partial charge in [-0.25, -0.2) is 14.6 Å². The average molecular weight is 706 g/mol. The zero-order chi connectivity index (χ0) is 36.8. The predicted molar refractivity (Wildman–Crippen MR) is 215 cm³/mol. The molecular weight excluding hydrogens is 663 g/mol. The number of hydrogen-bond acceptors (Lipinski definition) is 5. The number of hydrogen-bond donors (Lipinski definition) is 0. The molecule has 0 spiro atoms. The average Bonchev–Trinajstić information content (AvgIpc) is 3.97. The molecule has 5 aromatic carbocycles. The Bertz CT molecular complexity index is 2490. The van der Waals surface area contributed by atoms with Crippen LogP contribution in [0.1, 0.15) is 84.1 Å². The Morgan fingerprint density at radius 2 is 1.33 bits per heavy atom. The highest BCUT2D eigenvalue weighted by atomic mass is 15.6. The van der Waals surface area contributed by atoms with Gasteiger partial charge in [0.05, 0.1) is 6.04 Å². The van der Waals surface area contributed by atoms with Gasteiger partial charge < -0.3 is 4.57 Å². The molecule has 0 aliphatic heterocycles. The van der Waals surface area contributed by atoms with Gasteiger partial charge in [-0.05, 0) is 87.2 Å². The molecular formula is C47H43N7. The van der Waals surface area contributed by atoms with Gasteiger partial charge in [-0.1, -0.05) is 154 Å². The Morgan fingerprint density at radius 1 is 0.722 bits per heavy atom. The van der Waals surface area contributed by atoms with Crippen molar-refractivity contribution < 1.29 is 0 Å². The first kappa shape index (κ1) is 33.6. The van der Waals surface area contributed by atoms with Gasteiger partial charge in [-0.3, -0.25) is 0 Å². The van der Waals surface area contributed by atoms with E-state index in [1.807, 2.05) is 4.68 Å². The van der Waals surface area contributed by atoms with E-state index in [1.54, 1.807) is 0 Å². The lowest BCUT2D eigenvalue weighted by molar-refractivity contribution is 0.451. The van der Waals surface area contributed by atoms with Crippen molar-refractivity contribution in [3.05, 3.63) is 184 Å². The molecule has 54 heavy (non-hydrogen) atoms. The van der Waals surface area contributed by atoms with Crippen LogP contribution in [0.4, 0.5) is 0 Å². The van der Waals surface area contributed by atoms with Crippen molar-refractivity contribution in [1.29, 1.82) is 0 Å². The predicted octanol–water partition coefficient (Wildman–Crippen LogP) is 10.1. The van der Waals surface area contributed by atoms with Crippen LogP contribution in [-0.2, 0) is 18.4 Å². The first-order chi connectivity index (χ1) is 26.5. The lowest BCUT2D eigenvalue weighted by Crippen LogP contribution is -2.39. The van der Waals surface area contributed by atoms with Crippen LogP contribution >= 0.6 is 0 Å². The molecule has 266 valence electrons. The summed E-state index contributed by atoms with van der Waals surface area (Å²) in [6, 6.07) is 49.6. The standard InChI is InChI=1S/C47H43N7/c1-5-38-29-32(4)43-46(48-38)53(44(49-43)31(2)3)42-28-26-34-30-33(25-27-40(34)42)39-23-15-16-24-41(39)45-50-51-52-54(45)47(35-17-9-6-10-18-35,36-19-11-7-12-20-36)37-21-13-8-14-22-37/h6-25,27,29-31,42H,5,26,28H2,1-4H3/t42-/m0/s1. The zero-order valence-electron chi connectivity index (χ0n) is 31.2. The van der Waals surface area contributed by atoms with Crippen LogP contribution < -0.4 is 0 Å². The van der Waals surface area contributed by atoms with Gasteiger partial charge in [0.25, 0.3) is 0 Å². The van der Waals surface area contributed by atoms with Crippen LogP contribution in [0.25, 0.3) is 33.7 Å². The van der Waals surface area contributed by atoms with E-state index in [-0.39, 0.29) is 12.0 Å². The monoisotopic (exact) mass is 705 g/mol. The molecule has 3 heterocycles. The molecule has 3 aromatic heterocycles. The highest BCUT2D eigenvalue weighted by molar-refractivity contribution is 5.82. The fourth-order valence-corrected chi connectivity index (χ4v) is 8.64. The van der Waals surface area contributed by atoms with Crippen molar-refractivity contribution in [2.24, 2.45) is 0 Å². The third-order valence-electron chi connectivity index (χ3n) is 11.1. The minimum atomic E-state index is -0.841. The number of aryl methyl sites for hydroxylation is 3. The van der Waals surface area contributed by atoms with Gasteiger partial charge in [0.2, 0.25) is 0 Å². The molecule has 0 fully saturated rings. The molecule has 7 nitrogen and oxygen atoms in total. The molecule has 0 amide bonds. The van der Waals surface area contributed by atoms with E-state index in [9.17, 15) is 0 Å². The summed E-state index contributed by atoms with van der Waals surface area (Å²) >= 11 is 0. The highest BCUT2D eigenvalue weighted by Gasteiger charge is 2.42. The molecule has 0 saturated heterocycles. The molecule has 1 aliphatic rings. The minimum absolute atomic E-state index is 0.182. The second-order valence-corrected chi connectivity index (χ2v) is 14.7. The molecule has 0 N–H and O–H groups in total. The second kappa shape index (κ2) is 13.6. The van der Waals surface area contributed by atoms with Gasteiger partial charge in [0.1, 0.15) is 16.9 Å². The summed E-state index contributed by atoms with van der Waals surface area (Å²) in [5, 5.41) is 14.0. The first-order valence-electron chi connectivity index (χ1n) is 19.0. The fraction of sp³-hybridized carbons (Fsp3) is 0.213. The molecule has 0 unspecified atom stereocenters. The van der Waals surface area contributed by atoms with Gasteiger partial charge in [-0.2, -0.15) is 0 Å². The number of pyridine rings is 1. The summed E-state index contributed by atoms with van der Waals surface area (Å²) < 4.78 is 4.46. The number of fused-ring (bicyclic) bond motifs is 2. The largest absolute Gasteiger partial charge is 0.305 e. The number of benzene rings is 5. The number of nitrogens with zero attached hydrogens (tertiary/aromatic N) is 7.